The van der Waals surface area contributed by atoms with Crippen molar-refractivity contribution in [2.24, 2.45) is 0 Å². The van der Waals surface area contributed by atoms with Crippen molar-refractivity contribution < 1.29 is 14.9 Å². The van der Waals surface area contributed by atoms with Crippen LogP contribution in [0.15, 0.2) is 36.4 Å². The standard InChI is InChI=1S/C15H18O3/c1-10(16)15(2,17)13-6-4-12-9-14(18-3)7-5-11(12)8-13/h4-10,16-17H,1-3H3/t10-,15?/m0/s1. The molecular formula is C15H18O3. The SMILES string of the molecule is COc1ccc2cc(C(C)(O)[C@H](C)O)ccc2c1. The third-order valence-electron chi connectivity index (χ3n) is 3.45. The van der Waals surface area contributed by atoms with Gasteiger partial charge in [-0.1, -0.05) is 18.2 Å². The van der Waals surface area contributed by atoms with E-state index < -0.39 is 11.7 Å². The normalized spacial score (nSPS) is 16.3. The van der Waals surface area contributed by atoms with Gasteiger partial charge in [-0.15, -0.1) is 0 Å². The van der Waals surface area contributed by atoms with Gasteiger partial charge in [-0.2, -0.15) is 0 Å². The number of hydrogen-bond acceptors (Lipinski definition) is 3. The average Bonchev–Trinajstić information content (AvgIpc) is 2.37. The number of aliphatic hydroxyl groups is 2. The Morgan fingerprint density at radius 1 is 1.11 bits per heavy atom. The van der Waals surface area contributed by atoms with Crippen molar-refractivity contribution in [1.29, 1.82) is 0 Å². The minimum absolute atomic E-state index is 0.704. The summed E-state index contributed by atoms with van der Waals surface area (Å²) in [4.78, 5) is 0. The Kier molecular flexibility index (Phi) is 3.28. The topological polar surface area (TPSA) is 49.7 Å². The number of fused-ring (bicyclic) bond motifs is 1. The summed E-state index contributed by atoms with van der Waals surface area (Å²) in [7, 11) is 1.63. The van der Waals surface area contributed by atoms with Gasteiger partial charge in [-0.3, -0.25) is 0 Å². The largest absolute Gasteiger partial charge is 0.497 e. The quantitative estimate of drug-likeness (QED) is 0.874. The first-order chi connectivity index (χ1) is 8.45. The average molecular weight is 246 g/mol. The maximum atomic E-state index is 10.2. The number of aliphatic hydroxyl groups excluding tert-OH is 1. The van der Waals surface area contributed by atoms with Crippen molar-refractivity contribution in [3.63, 3.8) is 0 Å². The Morgan fingerprint density at radius 3 is 2.33 bits per heavy atom. The first-order valence-electron chi connectivity index (χ1n) is 5.94. The Hall–Kier alpha value is -1.58. The van der Waals surface area contributed by atoms with Gasteiger partial charge in [0.05, 0.1) is 13.2 Å². The molecule has 3 heteroatoms. The molecule has 0 heterocycles. The van der Waals surface area contributed by atoms with E-state index in [0.29, 0.717) is 5.56 Å². The van der Waals surface area contributed by atoms with E-state index in [9.17, 15) is 10.2 Å². The van der Waals surface area contributed by atoms with Crippen LogP contribution in [0.1, 0.15) is 19.4 Å². The van der Waals surface area contributed by atoms with Crippen molar-refractivity contribution in [2.45, 2.75) is 25.6 Å². The second-order valence-corrected chi connectivity index (χ2v) is 4.75. The van der Waals surface area contributed by atoms with E-state index >= 15 is 0 Å². The third-order valence-corrected chi connectivity index (χ3v) is 3.45. The summed E-state index contributed by atoms with van der Waals surface area (Å²) in [5.41, 5.74) is -0.538. The Labute approximate surface area is 107 Å². The first-order valence-corrected chi connectivity index (χ1v) is 5.94. The van der Waals surface area contributed by atoms with Crippen LogP contribution in [0.2, 0.25) is 0 Å². The fourth-order valence-corrected chi connectivity index (χ4v) is 1.91. The Morgan fingerprint density at radius 2 is 1.72 bits per heavy atom. The second-order valence-electron chi connectivity index (χ2n) is 4.75. The molecule has 0 aliphatic rings. The van der Waals surface area contributed by atoms with E-state index in [-0.39, 0.29) is 0 Å². The summed E-state index contributed by atoms with van der Waals surface area (Å²) in [5, 5.41) is 21.9. The lowest BCUT2D eigenvalue weighted by molar-refractivity contribution is -0.0568. The van der Waals surface area contributed by atoms with Crippen LogP contribution in [0, 0.1) is 0 Å². The van der Waals surface area contributed by atoms with Crippen molar-refractivity contribution >= 4 is 10.8 Å². The summed E-state index contributed by atoms with van der Waals surface area (Å²) in [6, 6.07) is 11.4. The summed E-state index contributed by atoms with van der Waals surface area (Å²) < 4.78 is 5.17. The molecule has 0 saturated carbocycles. The summed E-state index contributed by atoms with van der Waals surface area (Å²) >= 11 is 0. The minimum Gasteiger partial charge on any atom is -0.497 e. The van der Waals surface area contributed by atoms with E-state index in [0.717, 1.165) is 16.5 Å². The lowest BCUT2D eigenvalue weighted by atomic mass is 9.89. The molecular weight excluding hydrogens is 228 g/mol. The highest BCUT2D eigenvalue weighted by molar-refractivity contribution is 5.84. The molecule has 0 radical (unpaired) electrons. The maximum absolute atomic E-state index is 10.2. The van der Waals surface area contributed by atoms with Crippen LogP contribution >= 0.6 is 0 Å². The predicted molar refractivity (Wildman–Crippen MR) is 71.8 cm³/mol. The molecule has 2 N–H and O–H groups in total. The highest BCUT2D eigenvalue weighted by atomic mass is 16.5. The van der Waals surface area contributed by atoms with Crippen LogP contribution in [0.5, 0.6) is 5.75 Å². The van der Waals surface area contributed by atoms with E-state index in [2.05, 4.69) is 0 Å². The molecule has 2 aromatic rings. The van der Waals surface area contributed by atoms with Crippen LogP contribution in [-0.2, 0) is 5.60 Å². The molecule has 0 aliphatic heterocycles. The molecule has 2 atom stereocenters. The lowest BCUT2D eigenvalue weighted by Crippen LogP contribution is -2.34. The van der Waals surface area contributed by atoms with Crippen LogP contribution in [-0.4, -0.2) is 23.4 Å². The smallest absolute Gasteiger partial charge is 0.119 e. The van der Waals surface area contributed by atoms with Gasteiger partial charge in [0.1, 0.15) is 11.4 Å². The Bertz CT molecular complexity index is 559. The minimum atomic E-state index is -1.24. The zero-order chi connectivity index (χ0) is 13.3. The molecule has 0 aromatic heterocycles. The molecule has 0 saturated heterocycles. The van der Waals surface area contributed by atoms with Crippen LogP contribution in [0.4, 0.5) is 0 Å². The van der Waals surface area contributed by atoms with Crippen LogP contribution in [0.25, 0.3) is 10.8 Å². The van der Waals surface area contributed by atoms with Gasteiger partial charge in [0.2, 0.25) is 0 Å². The molecule has 0 amide bonds. The molecule has 0 spiro atoms. The van der Waals surface area contributed by atoms with Gasteiger partial charge >= 0.3 is 0 Å². The number of methoxy groups -OCH3 is 1. The number of hydrogen-bond donors (Lipinski definition) is 2. The van der Waals surface area contributed by atoms with Crippen LogP contribution in [0.3, 0.4) is 0 Å². The number of benzene rings is 2. The fraction of sp³-hybridized carbons (Fsp3) is 0.333. The third kappa shape index (κ3) is 2.19. The molecule has 0 fully saturated rings. The first kappa shape index (κ1) is 12.9. The molecule has 2 aromatic carbocycles. The van der Waals surface area contributed by atoms with Gasteiger partial charge in [-0.25, -0.2) is 0 Å². The second kappa shape index (κ2) is 4.59. The van der Waals surface area contributed by atoms with Crippen molar-refractivity contribution in [1.82, 2.24) is 0 Å². The number of ether oxygens (including phenoxy) is 1. The zero-order valence-corrected chi connectivity index (χ0v) is 10.8. The van der Waals surface area contributed by atoms with E-state index in [1.807, 2.05) is 36.4 Å². The maximum Gasteiger partial charge on any atom is 0.119 e. The molecule has 0 aliphatic carbocycles. The van der Waals surface area contributed by atoms with Gasteiger partial charge in [0.25, 0.3) is 0 Å². The summed E-state index contributed by atoms with van der Waals surface area (Å²) in [6.45, 7) is 3.20. The van der Waals surface area contributed by atoms with Gasteiger partial charge < -0.3 is 14.9 Å². The molecule has 18 heavy (non-hydrogen) atoms. The van der Waals surface area contributed by atoms with E-state index in [1.54, 1.807) is 21.0 Å². The highest BCUT2D eigenvalue weighted by Gasteiger charge is 2.28. The predicted octanol–water partition coefficient (Wildman–Crippen LogP) is 2.44. The molecule has 1 unspecified atom stereocenters. The van der Waals surface area contributed by atoms with Gasteiger partial charge in [0.15, 0.2) is 0 Å². The summed E-state index contributed by atoms with van der Waals surface area (Å²) in [6.07, 6.45) is -0.826. The Balaban J connectivity index is 2.51. The van der Waals surface area contributed by atoms with Gasteiger partial charge in [0, 0.05) is 0 Å². The lowest BCUT2D eigenvalue weighted by Gasteiger charge is -2.27. The fourth-order valence-electron chi connectivity index (χ4n) is 1.91. The van der Waals surface area contributed by atoms with E-state index in [4.69, 9.17) is 4.74 Å². The van der Waals surface area contributed by atoms with Crippen molar-refractivity contribution in [3.05, 3.63) is 42.0 Å². The monoisotopic (exact) mass is 246 g/mol. The molecule has 96 valence electrons. The summed E-state index contributed by atoms with van der Waals surface area (Å²) in [5.74, 6) is 0.803. The molecule has 0 bridgehead atoms. The molecule has 2 rings (SSSR count). The van der Waals surface area contributed by atoms with Crippen molar-refractivity contribution in [2.75, 3.05) is 7.11 Å². The highest BCUT2D eigenvalue weighted by Crippen LogP contribution is 2.29. The van der Waals surface area contributed by atoms with Crippen molar-refractivity contribution in [3.8, 4) is 5.75 Å². The van der Waals surface area contributed by atoms with Gasteiger partial charge in [-0.05, 0) is 48.4 Å². The van der Waals surface area contributed by atoms with Crippen LogP contribution < -0.4 is 4.74 Å². The number of rotatable bonds is 3. The zero-order valence-electron chi connectivity index (χ0n) is 10.8. The molecule has 3 nitrogen and oxygen atoms in total. The van der Waals surface area contributed by atoms with E-state index in [1.165, 1.54) is 0 Å².